The molecule has 108 valence electrons. The van der Waals surface area contributed by atoms with E-state index in [1.165, 1.54) is 29.8 Å². The first kappa shape index (κ1) is 13.8. The molecule has 0 radical (unpaired) electrons. The molecular formula is C15H22N4S. The molecule has 0 amide bonds. The van der Waals surface area contributed by atoms with Gasteiger partial charge < -0.3 is 5.73 Å². The molecule has 2 heterocycles. The highest BCUT2D eigenvalue weighted by molar-refractivity contribution is 7.12. The molecule has 0 fully saturated rings. The van der Waals surface area contributed by atoms with Crippen LogP contribution in [0.5, 0.6) is 0 Å². The van der Waals surface area contributed by atoms with Crippen LogP contribution in [-0.2, 0) is 11.8 Å². The molecule has 0 saturated heterocycles. The Balaban J connectivity index is 2.22. The molecule has 1 aliphatic carbocycles. The molecule has 0 spiro atoms. The Kier molecular flexibility index (Phi) is 3.42. The monoisotopic (exact) mass is 290 g/mol. The summed E-state index contributed by atoms with van der Waals surface area (Å²) >= 11 is 1.64. The van der Waals surface area contributed by atoms with Crippen molar-refractivity contribution >= 4 is 11.3 Å². The smallest absolute Gasteiger partial charge is 0.210 e. The molecule has 0 aliphatic heterocycles. The highest BCUT2D eigenvalue weighted by Crippen LogP contribution is 2.39. The normalized spacial score (nSPS) is 19.1. The van der Waals surface area contributed by atoms with Crippen LogP contribution in [0.25, 0.3) is 5.13 Å². The number of thiazole rings is 1. The molecule has 3 rings (SSSR count). The van der Waals surface area contributed by atoms with Crippen LogP contribution in [0.2, 0.25) is 0 Å². The third-order valence-corrected chi connectivity index (χ3v) is 4.74. The van der Waals surface area contributed by atoms with Crippen LogP contribution in [0.15, 0.2) is 11.6 Å². The summed E-state index contributed by atoms with van der Waals surface area (Å²) in [6.45, 7) is 7.39. The first-order valence-electron chi connectivity index (χ1n) is 7.24. The van der Waals surface area contributed by atoms with E-state index in [-0.39, 0.29) is 5.41 Å². The lowest BCUT2D eigenvalue weighted by Crippen LogP contribution is -2.22. The predicted octanol–water partition coefficient (Wildman–Crippen LogP) is 3.00. The van der Waals surface area contributed by atoms with Crippen molar-refractivity contribution in [1.82, 2.24) is 14.8 Å². The second-order valence-electron chi connectivity index (χ2n) is 6.51. The highest BCUT2D eigenvalue weighted by Gasteiger charge is 2.33. The summed E-state index contributed by atoms with van der Waals surface area (Å²) in [4.78, 5) is 4.43. The number of hydrogen-bond donors (Lipinski definition) is 1. The minimum absolute atomic E-state index is 0.0390. The van der Waals surface area contributed by atoms with Gasteiger partial charge in [0.05, 0.1) is 11.4 Å². The summed E-state index contributed by atoms with van der Waals surface area (Å²) in [7, 11) is 0. The van der Waals surface area contributed by atoms with E-state index in [4.69, 9.17) is 10.8 Å². The zero-order valence-corrected chi connectivity index (χ0v) is 13.2. The Morgan fingerprint density at radius 1 is 1.45 bits per heavy atom. The molecule has 1 unspecified atom stereocenters. The van der Waals surface area contributed by atoms with Crippen molar-refractivity contribution in [3.8, 4) is 5.13 Å². The van der Waals surface area contributed by atoms with Gasteiger partial charge in [-0.3, -0.25) is 0 Å². The zero-order valence-electron chi connectivity index (χ0n) is 12.4. The van der Waals surface area contributed by atoms with Gasteiger partial charge in [0, 0.05) is 22.6 Å². The third kappa shape index (κ3) is 2.19. The molecule has 20 heavy (non-hydrogen) atoms. The van der Waals surface area contributed by atoms with Crippen LogP contribution in [0.4, 0.5) is 0 Å². The summed E-state index contributed by atoms with van der Waals surface area (Å²) in [6, 6.07) is 0. The van der Waals surface area contributed by atoms with E-state index < -0.39 is 0 Å². The van der Waals surface area contributed by atoms with Gasteiger partial charge in [0.2, 0.25) is 5.13 Å². The molecule has 1 aliphatic rings. The van der Waals surface area contributed by atoms with Crippen molar-refractivity contribution in [3.05, 3.63) is 28.5 Å². The molecule has 5 heteroatoms. The Hall–Kier alpha value is -1.20. The van der Waals surface area contributed by atoms with Gasteiger partial charge in [-0.25, -0.2) is 9.67 Å². The number of nitrogens with zero attached hydrogens (tertiary/aromatic N) is 3. The van der Waals surface area contributed by atoms with Gasteiger partial charge in [0.15, 0.2) is 0 Å². The Morgan fingerprint density at radius 2 is 2.25 bits per heavy atom. The molecule has 2 aromatic rings. The Labute approximate surface area is 124 Å². The molecule has 0 bridgehead atoms. The van der Waals surface area contributed by atoms with Gasteiger partial charge >= 0.3 is 0 Å². The fourth-order valence-electron chi connectivity index (χ4n) is 3.06. The highest BCUT2D eigenvalue weighted by atomic mass is 32.1. The minimum atomic E-state index is 0.0390. The zero-order chi connectivity index (χ0) is 14.3. The Morgan fingerprint density at radius 3 is 2.85 bits per heavy atom. The molecule has 2 aromatic heterocycles. The summed E-state index contributed by atoms with van der Waals surface area (Å²) in [5.41, 5.74) is 9.96. The number of fused-ring (bicyclic) bond motifs is 1. The van der Waals surface area contributed by atoms with Crippen molar-refractivity contribution in [1.29, 1.82) is 0 Å². The van der Waals surface area contributed by atoms with Crippen LogP contribution >= 0.6 is 11.3 Å². The van der Waals surface area contributed by atoms with E-state index in [1.54, 1.807) is 11.3 Å². The third-order valence-electron chi connectivity index (χ3n) is 3.99. The fourth-order valence-corrected chi connectivity index (χ4v) is 3.68. The van der Waals surface area contributed by atoms with Crippen LogP contribution in [-0.4, -0.2) is 21.3 Å². The van der Waals surface area contributed by atoms with Gasteiger partial charge in [-0.05, 0) is 31.7 Å². The van der Waals surface area contributed by atoms with Gasteiger partial charge in [-0.15, -0.1) is 11.3 Å². The first-order valence-corrected chi connectivity index (χ1v) is 8.12. The average Bonchev–Trinajstić information content (AvgIpc) is 3.03. The minimum Gasteiger partial charge on any atom is -0.330 e. The SMILES string of the molecule is CC(C)(C)c1nn(-c2nccs2)c2c1C(CN)CCC2. The van der Waals surface area contributed by atoms with E-state index in [0.717, 1.165) is 11.6 Å². The molecule has 0 saturated carbocycles. The van der Waals surface area contributed by atoms with Gasteiger partial charge in [0.25, 0.3) is 0 Å². The summed E-state index contributed by atoms with van der Waals surface area (Å²) in [5.74, 6) is 0.446. The van der Waals surface area contributed by atoms with Gasteiger partial charge in [-0.2, -0.15) is 5.10 Å². The van der Waals surface area contributed by atoms with Crippen molar-refractivity contribution < 1.29 is 0 Å². The summed E-state index contributed by atoms with van der Waals surface area (Å²) in [6.07, 6.45) is 5.29. The fraction of sp³-hybridized carbons (Fsp3) is 0.600. The molecule has 0 aromatic carbocycles. The second kappa shape index (κ2) is 4.97. The first-order chi connectivity index (χ1) is 9.52. The lowest BCUT2D eigenvalue weighted by atomic mass is 9.79. The predicted molar refractivity (Wildman–Crippen MR) is 82.7 cm³/mol. The molecule has 2 N–H and O–H groups in total. The lowest BCUT2D eigenvalue weighted by molar-refractivity contribution is 0.520. The maximum absolute atomic E-state index is 6.01. The van der Waals surface area contributed by atoms with Crippen LogP contribution in [0, 0.1) is 0 Å². The largest absolute Gasteiger partial charge is 0.330 e. The number of rotatable bonds is 2. The van der Waals surface area contributed by atoms with E-state index >= 15 is 0 Å². The topological polar surface area (TPSA) is 56.7 Å². The Bertz CT molecular complexity index is 592. The number of aromatic nitrogens is 3. The standard InChI is InChI=1S/C15H22N4S/c1-15(2,3)13-12-10(9-16)5-4-6-11(12)19(18-13)14-17-7-8-20-14/h7-8,10H,4-6,9,16H2,1-3H3. The molecule has 4 nitrogen and oxygen atoms in total. The second-order valence-corrected chi connectivity index (χ2v) is 7.38. The van der Waals surface area contributed by atoms with Crippen molar-refractivity contribution in [2.75, 3.05) is 6.54 Å². The molecule has 1 atom stereocenters. The van der Waals surface area contributed by atoms with Crippen molar-refractivity contribution in [3.63, 3.8) is 0 Å². The number of hydrogen-bond acceptors (Lipinski definition) is 4. The quantitative estimate of drug-likeness (QED) is 0.925. The summed E-state index contributed by atoms with van der Waals surface area (Å²) < 4.78 is 2.06. The van der Waals surface area contributed by atoms with Gasteiger partial charge in [-0.1, -0.05) is 20.8 Å². The lowest BCUT2D eigenvalue weighted by Gasteiger charge is -2.26. The van der Waals surface area contributed by atoms with Crippen molar-refractivity contribution in [2.24, 2.45) is 5.73 Å². The van der Waals surface area contributed by atoms with Gasteiger partial charge in [0.1, 0.15) is 0 Å². The maximum atomic E-state index is 6.01. The van der Waals surface area contributed by atoms with Crippen LogP contribution in [0.3, 0.4) is 0 Å². The molecular weight excluding hydrogens is 268 g/mol. The van der Waals surface area contributed by atoms with E-state index in [9.17, 15) is 0 Å². The summed E-state index contributed by atoms with van der Waals surface area (Å²) in [5, 5.41) is 7.88. The van der Waals surface area contributed by atoms with Crippen LogP contribution in [0.1, 0.15) is 56.5 Å². The van der Waals surface area contributed by atoms with Crippen molar-refractivity contribution in [2.45, 2.75) is 51.4 Å². The van der Waals surface area contributed by atoms with Crippen LogP contribution < -0.4 is 5.73 Å². The van der Waals surface area contributed by atoms with E-state index in [2.05, 4.69) is 30.4 Å². The maximum Gasteiger partial charge on any atom is 0.210 e. The van der Waals surface area contributed by atoms with E-state index in [1.807, 2.05) is 11.6 Å². The van der Waals surface area contributed by atoms with E-state index in [0.29, 0.717) is 12.5 Å². The average molecular weight is 290 g/mol. The number of nitrogens with two attached hydrogens (primary N) is 1.